The topological polar surface area (TPSA) is 70.2 Å². The minimum atomic E-state index is -4.63. The Morgan fingerprint density at radius 2 is 1.75 bits per heavy atom. The first-order valence-electron chi connectivity index (χ1n) is 8.39. The van der Waals surface area contributed by atoms with Gasteiger partial charge in [0.05, 0.1) is 10.6 Å². The van der Waals surface area contributed by atoms with E-state index in [0.717, 1.165) is 12.1 Å². The molecule has 1 atom stereocenters. The van der Waals surface area contributed by atoms with Crippen molar-refractivity contribution in [2.24, 2.45) is 0 Å². The average Bonchev–Trinajstić information content (AvgIpc) is 2.62. The first-order chi connectivity index (χ1) is 13.2. The molecule has 0 fully saturated rings. The standard InChI is InChI=1S/C19H19ClF3N3O2/c1-12(27)24-9-10-25-17(13-5-3-2-4-6-13)18(28)26-14-7-8-16(20)15(11-14)19(21,22)23/h2-8,11,17,25H,9-10H2,1H3,(H,24,27)(H,26,28). The van der Waals surface area contributed by atoms with Crippen molar-refractivity contribution in [1.82, 2.24) is 10.6 Å². The molecule has 0 spiro atoms. The van der Waals surface area contributed by atoms with E-state index in [2.05, 4.69) is 16.0 Å². The highest BCUT2D eigenvalue weighted by atomic mass is 35.5. The molecule has 2 amide bonds. The van der Waals surface area contributed by atoms with Crippen molar-refractivity contribution in [3.8, 4) is 0 Å². The van der Waals surface area contributed by atoms with Gasteiger partial charge in [0, 0.05) is 25.7 Å². The summed E-state index contributed by atoms with van der Waals surface area (Å²) in [6.07, 6.45) is -4.63. The van der Waals surface area contributed by atoms with E-state index in [1.807, 2.05) is 0 Å². The van der Waals surface area contributed by atoms with E-state index in [9.17, 15) is 22.8 Å². The molecule has 1 unspecified atom stereocenters. The number of benzene rings is 2. The zero-order chi connectivity index (χ0) is 20.7. The smallest absolute Gasteiger partial charge is 0.355 e. The molecule has 0 saturated heterocycles. The van der Waals surface area contributed by atoms with Crippen LogP contribution in [0.5, 0.6) is 0 Å². The van der Waals surface area contributed by atoms with E-state index < -0.39 is 28.7 Å². The van der Waals surface area contributed by atoms with Crippen molar-refractivity contribution in [3.63, 3.8) is 0 Å². The zero-order valence-electron chi connectivity index (χ0n) is 14.9. The Morgan fingerprint density at radius 1 is 1.07 bits per heavy atom. The van der Waals surface area contributed by atoms with Crippen LogP contribution in [-0.4, -0.2) is 24.9 Å². The number of carbonyl (C=O) groups excluding carboxylic acids is 2. The third-order valence-corrected chi connectivity index (χ3v) is 4.11. The first kappa shape index (κ1) is 21.7. The lowest BCUT2D eigenvalue weighted by molar-refractivity contribution is -0.137. The number of carbonyl (C=O) groups is 2. The summed E-state index contributed by atoms with van der Waals surface area (Å²) in [5.74, 6) is -0.743. The molecule has 2 aromatic rings. The molecule has 150 valence electrons. The van der Waals surface area contributed by atoms with Crippen molar-refractivity contribution in [1.29, 1.82) is 0 Å². The highest BCUT2D eigenvalue weighted by molar-refractivity contribution is 6.31. The Morgan fingerprint density at radius 3 is 2.36 bits per heavy atom. The van der Waals surface area contributed by atoms with Crippen molar-refractivity contribution >= 4 is 29.1 Å². The van der Waals surface area contributed by atoms with Gasteiger partial charge in [-0.25, -0.2) is 0 Å². The molecule has 0 aromatic heterocycles. The summed E-state index contributed by atoms with van der Waals surface area (Å²) in [7, 11) is 0. The van der Waals surface area contributed by atoms with Crippen molar-refractivity contribution < 1.29 is 22.8 Å². The van der Waals surface area contributed by atoms with Crippen LogP contribution in [-0.2, 0) is 15.8 Å². The van der Waals surface area contributed by atoms with Crippen LogP contribution in [0.1, 0.15) is 24.1 Å². The predicted molar refractivity (Wildman–Crippen MR) is 101 cm³/mol. The molecule has 0 aliphatic heterocycles. The number of amides is 2. The Labute approximate surface area is 165 Å². The van der Waals surface area contributed by atoms with Gasteiger partial charge in [0.1, 0.15) is 6.04 Å². The van der Waals surface area contributed by atoms with E-state index >= 15 is 0 Å². The fourth-order valence-electron chi connectivity index (χ4n) is 2.50. The van der Waals surface area contributed by atoms with Crippen LogP contribution in [0.2, 0.25) is 5.02 Å². The van der Waals surface area contributed by atoms with E-state index in [1.54, 1.807) is 30.3 Å². The quantitative estimate of drug-likeness (QED) is 0.605. The van der Waals surface area contributed by atoms with Gasteiger partial charge in [-0.2, -0.15) is 13.2 Å². The molecule has 0 bridgehead atoms. The number of alkyl halides is 3. The molecular formula is C19H19ClF3N3O2. The minimum Gasteiger partial charge on any atom is -0.355 e. The fraction of sp³-hybridized carbons (Fsp3) is 0.263. The van der Waals surface area contributed by atoms with Crippen molar-refractivity contribution in [2.75, 3.05) is 18.4 Å². The van der Waals surface area contributed by atoms with Gasteiger partial charge in [-0.3, -0.25) is 9.59 Å². The lowest BCUT2D eigenvalue weighted by atomic mass is 10.1. The Hall–Kier alpha value is -2.58. The van der Waals surface area contributed by atoms with Gasteiger partial charge in [-0.05, 0) is 23.8 Å². The number of hydrogen-bond donors (Lipinski definition) is 3. The third-order valence-electron chi connectivity index (χ3n) is 3.78. The zero-order valence-corrected chi connectivity index (χ0v) is 15.7. The Balaban J connectivity index is 2.17. The molecule has 0 aliphatic carbocycles. The molecular weight excluding hydrogens is 395 g/mol. The maximum absolute atomic E-state index is 13.0. The molecule has 5 nitrogen and oxygen atoms in total. The summed E-state index contributed by atoms with van der Waals surface area (Å²) in [6.45, 7) is 1.96. The van der Waals surface area contributed by atoms with Gasteiger partial charge < -0.3 is 16.0 Å². The molecule has 0 aliphatic rings. The first-order valence-corrected chi connectivity index (χ1v) is 8.76. The average molecular weight is 414 g/mol. The van der Waals surface area contributed by atoms with E-state index in [-0.39, 0.29) is 11.6 Å². The second kappa shape index (κ2) is 9.57. The summed E-state index contributed by atoms with van der Waals surface area (Å²) in [6, 6.07) is 11.1. The lowest BCUT2D eigenvalue weighted by Gasteiger charge is -2.20. The number of hydrogen-bond acceptors (Lipinski definition) is 3. The van der Waals surface area contributed by atoms with Crippen LogP contribution in [0.15, 0.2) is 48.5 Å². The molecule has 0 heterocycles. The summed E-state index contributed by atoms with van der Waals surface area (Å²) < 4.78 is 39.0. The third kappa shape index (κ3) is 6.24. The van der Waals surface area contributed by atoms with Gasteiger partial charge in [0.2, 0.25) is 11.8 Å². The van der Waals surface area contributed by atoms with Crippen molar-refractivity contribution in [3.05, 3.63) is 64.7 Å². The maximum atomic E-state index is 13.0. The number of anilines is 1. The summed E-state index contributed by atoms with van der Waals surface area (Å²) in [4.78, 5) is 23.7. The van der Waals surface area contributed by atoms with Crippen LogP contribution >= 0.6 is 11.6 Å². The molecule has 2 aromatic carbocycles. The minimum absolute atomic E-state index is 0.0219. The van der Waals surface area contributed by atoms with Crippen molar-refractivity contribution in [2.45, 2.75) is 19.1 Å². The second-order valence-electron chi connectivity index (χ2n) is 5.96. The molecule has 9 heteroatoms. The largest absolute Gasteiger partial charge is 0.417 e. The van der Waals surface area contributed by atoms with Crippen LogP contribution < -0.4 is 16.0 Å². The molecule has 2 rings (SSSR count). The summed E-state index contributed by atoms with van der Waals surface area (Å²) in [5.41, 5.74) is -0.416. The van der Waals surface area contributed by atoms with Gasteiger partial charge in [0.25, 0.3) is 0 Å². The highest BCUT2D eigenvalue weighted by Crippen LogP contribution is 2.36. The van der Waals surface area contributed by atoms with Gasteiger partial charge in [-0.1, -0.05) is 41.9 Å². The Bertz CT molecular complexity index is 829. The SMILES string of the molecule is CC(=O)NCCNC(C(=O)Nc1ccc(Cl)c(C(F)(F)F)c1)c1ccccc1. The van der Waals surface area contributed by atoms with E-state index in [0.29, 0.717) is 18.7 Å². The van der Waals surface area contributed by atoms with Gasteiger partial charge in [0.15, 0.2) is 0 Å². The van der Waals surface area contributed by atoms with Gasteiger partial charge in [-0.15, -0.1) is 0 Å². The monoisotopic (exact) mass is 413 g/mol. The number of nitrogens with one attached hydrogen (secondary N) is 3. The fourth-order valence-corrected chi connectivity index (χ4v) is 2.72. The molecule has 0 saturated carbocycles. The highest BCUT2D eigenvalue weighted by Gasteiger charge is 2.33. The maximum Gasteiger partial charge on any atom is 0.417 e. The van der Waals surface area contributed by atoms with Crippen LogP contribution in [0.3, 0.4) is 0 Å². The van der Waals surface area contributed by atoms with Crippen LogP contribution in [0.25, 0.3) is 0 Å². The van der Waals surface area contributed by atoms with E-state index in [1.165, 1.54) is 13.0 Å². The van der Waals surface area contributed by atoms with Crippen LogP contribution in [0, 0.1) is 0 Å². The van der Waals surface area contributed by atoms with E-state index in [4.69, 9.17) is 11.6 Å². The number of halogens is 4. The second-order valence-corrected chi connectivity index (χ2v) is 6.37. The normalized spacial score (nSPS) is 12.3. The van der Waals surface area contributed by atoms with Gasteiger partial charge >= 0.3 is 6.18 Å². The number of rotatable bonds is 7. The van der Waals surface area contributed by atoms with Crippen LogP contribution in [0.4, 0.5) is 18.9 Å². The lowest BCUT2D eigenvalue weighted by Crippen LogP contribution is -2.37. The summed E-state index contributed by atoms with van der Waals surface area (Å²) >= 11 is 5.61. The predicted octanol–water partition coefficient (Wildman–Crippen LogP) is 3.76. The molecule has 28 heavy (non-hydrogen) atoms. The summed E-state index contributed by atoms with van der Waals surface area (Å²) in [5, 5.41) is 7.63. The molecule has 3 N–H and O–H groups in total. The Kier molecular flexibility index (Phi) is 7.42. The molecule has 0 radical (unpaired) electrons.